The molecule has 1 heterocycles. The number of aryl methyl sites for hydroxylation is 1. The first-order valence-electron chi connectivity index (χ1n) is 10.00. The van der Waals surface area contributed by atoms with E-state index < -0.39 is 0 Å². The SMILES string of the molecule is CCn1cc(Cl)c(CN(C)C(=O)/C=C/c2ccc(OC)c(COc3ccccc3)c2)n1. The molecule has 0 unspecified atom stereocenters. The summed E-state index contributed by atoms with van der Waals surface area (Å²) in [7, 11) is 3.35. The van der Waals surface area contributed by atoms with Crippen LogP contribution in [0.15, 0.2) is 60.8 Å². The number of para-hydroxylation sites is 1. The second-order valence-electron chi connectivity index (χ2n) is 6.98. The number of nitrogens with zero attached hydrogens (tertiary/aromatic N) is 3. The molecule has 0 saturated heterocycles. The van der Waals surface area contributed by atoms with Gasteiger partial charge >= 0.3 is 0 Å². The minimum Gasteiger partial charge on any atom is -0.496 e. The number of methoxy groups -OCH3 is 1. The van der Waals surface area contributed by atoms with Gasteiger partial charge in [0, 0.05) is 31.4 Å². The van der Waals surface area contributed by atoms with Crippen molar-refractivity contribution in [3.8, 4) is 11.5 Å². The van der Waals surface area contributed by atoms with Crippen molar-refractivity contribution < 1.29 is 14.3 Å². The third kappa shape index (κ3) is 6.12. The van der Waals surface area contributed by atoms with Gasteiger partial charge in [0.25, 0.3) is 0 Å². The third-order valence-electron chi connectivity index (χ3n) is 4.73. The van der Waals surface area contributed by atoms with E-state index in [1.807, 2.05) is 55.5 Å². The molecule has 3 aromatic rings. The van der Waals surface area contributed by atoms with Crippen molar-refractivity contribution in [3.63, 3.8) is 0 Å². The second-order valence-corrected chi connectivity index (χ2v) is 7.39. The molecule has 162 valence electrons. The number of aromatic nitrogens is 2. The number of carbonyl (C=O) groups is 1. The van der Waals surface area contributed by atoms with E-state index in [1.165, 1.54) is 6.08 Å². The molecule has 1 amide bonds. The lowest BCUT2D eigenvalue weighted by molar-refractivity contribution is -0.125. The molecule has 1 aromatic heterocycles. The fourth-order valence-corrected chi connectivity index (χ4v) is 3.21. The van der Waals surface area contributed by atoms with Crippen LogP contribution in [0.5, 0.6) is 11.5 Å². The zero-order chi connectivity index (χ0) is 22.2. The van der Waals surface area contributed by atoms with E-state index in [1.54, 1.807) is 36.0 Å². The van der Waals surface area contributed by atoms with Crippen LogP contribution in [0.25, 0.3) is 6.08 Å². The minimum atomic E-state index is -0.139. The molecule has 7 heteroatoms. The number of halogens is 1. The van der Waals surface area contributed by atoms with Gasteiger partial charge in [-0.1, -0.05) is 35.9 Å². The first-order chi connectivity index (χ1) is 15.0. The van der Waals surface area contributed by atoms with Crippen LogP contribution in [0.4, 0.5) is 0 Å². The van der Waals surface area contributed by atoms with Crippen molar-refractivity contribution in [2.45, 2.75) is 26.6 Å². The molecule has 2 aromatic carbocycles. The van der Waals surface area contributed by atoms with Gasteiger partial charge in [0.2, 0.25) is 5.91 Å². The Kier molecular flexibility index (Phi) is 7.73. The number of benzene rings is 2. The van der Waals surface area contributed by atoms with Gasteiger partial charge in [0.1, 0.15) is 23.8 Å². The van der Waals surface area contributed by atoms with Gasteiger partial charge < -0.3 is 14.4 Å². The summed E-state index contributed by atoms with van der Waals surface area (Å²) < 4.78 is 13.0. The van der Waals surface area contributed by atoms with Gasteiger partial charge in [0.05, 0.1) is 18.7 Å². The normalized spacial score (nSPS) is 11.0. The molecule has 0 radical (unpaired) electrons. The van der Waals surface area contributed by atoms with Crippen LogP contribution in [-0.2, 0) is 24.5 Å². The van der Waals surface area contributed by atoms with Gasteiger partial charge in [-0.2, -0.15) is 5.10 Å². The molecular formula is C24H26ClN3O3. The lowest BCUT2D eigenvalue weighted by Crippen LogP contribution is -2.24. The molecule has 0 aliphatic rings. The standard InChI is InChI=1S/C24H26ClN3O3/c1-4-28-15-21(25)22(26-28)16-27(2)24(29)13-11-18-10-12-23(30-3)19(14-18)17-31-20-8-6-5-7-9-20/h5-15H,4,16-17H2,1-3H3/b13-11+. The Labute approximate surface area is 187 Å². The summed E-state index contributed by atoms with van der Waals surface area (Å²) in [6, 6.07) is 15.3. The zero-order valence-electron chi connectivity index (χ0n) is 17.9. The summed E-state index contributed by atoms with van der Waals surface area (Å²) in [4.78, 5) is 14.1. The van der Waals surface area contributed by atoms with Gasteiger partial charge in [-0.15, -0.1) is 0 Å². The molecule has 0 fully saturated rings. The Bertz CT molecular complexity index is 1050. The quantitative estimate of drug-likeness (QED) is 0.449. The Morgan fingerprint density at radius 3 is 2.68 bits per heavy atom. The third-order valence-corrected chi connectivity index (χ3v) is 5.05. The molecule has 0 aliphatic carbocycles. The van der Waals surface area contributed by atoms with Crippen LogP contribution in [0.3, 0.4) is 0 Å². The van der Waals surface area contributed by atoms with E-state index in [-0.39, 0.29) is 5.91 Å². The van der Waals surface area contributed by atoms with Gasteiger partial charge in [-0.25, -0.2) is 0 Å². The number of amides is 1. The Morgan fingerprint density at radius 2 is 2.00 bits per heavy atom. The highest BCUT2D eigenvalue weighted by molar-refractivity contribution is 6.31. The number of rotatable bonds is 9. The minimum absolute atomic E-state index is 0.139. The number of hydrogen-bond acceptors (Lipinski definition) is 4. The second kappa shape index (κ2) is 10.7. The van der Waals surface area contributed by atoms with E-state index >= 15 is 0 Å². The fraction of sp³-hybridized carbons (Fsp3) is 0.250. The molecule has 31 heavy (non-hydrogen) atoms. The highest BCUT2D eigenvalue weighted by Crippen LogP contribution is 2.23. The van der Waals surface area contributed by atoms with E-state index in [0.717, 1.165) is 29.2 Å². The van der Waals surface area contributed by atoms with Gasteiger partial charge in [-0.3, -0.25) is 9.48 Å². The van der Waals surface area contributed by atoms with Crippen molar-refractivity contribution in [1.82, 2.24) is 14.7 Å². The molecule has 0 bridgehead atoms. The first-order valence-corrected chi connectivity index (χ1v) is 10.4. The predicted molar refractivity (Wildman–Crippen MR) is 122 cm³/mol. The Hall–Kier alpha value is -3.25. The highest BCUT2D eigenvalue weighted by atomic mass is 35.5. The van der Waals surface area contributed by atoms with E-state index in [0.29, 0.717) is 23.9 Å². The molecule has 0 saturated carbocycles. The van der Waals surface area contributed by atoms with Crippen LogP contribution in [-0.4, -0.2) is 34.7 Å². The number of ether oxygens (including phenoxy) is 2. The first kappa shape index (κ1) is 22.4. The summed E-state index contributed by atoms with van der Waals surface area (Å²) in [6.45, 7) is 3.42. The van der Waals surface area contributed by atoms with Crippen LogP contribution in [0.2, 0.25) is 5.02 Å². The molecule has 6 nitrogen and oxygen atoms in total. The lowest BCUT2D eigenvalue weighted by Gasteiger charge is -2.14. The van der Waals surface area contributed by atoms with Crippen molar-refractivity contribution in [2.24, 2.45) is 0 Å². The van der Waals surface area contributed by atoms with Crippen molar-refractivity contribution >= 4 is 23.6 Å². The monoisotopic (exact) mass is 439 g/mol. The summed E-state index contributed by atoms with van der Waals surface area (Å²) in [5.74, 6) is 1.38. The van der Waals surface area contributed by atoms with Gasteiger partial charge in [0.15, 0.2) is 0 Å². The van der Waals surface area contributed by atoms with E-state index in [9.17, 15) is 4.79 Å². The molecule has 3 rings (SSSR count). The number of carbonyl (C=O) groups excluding carboxylic acids is 1. The topological polar surface area (TPSA) is 56.6 Å². The summed E-state index contributed by atoms with van der Waals surface area (Å²) in [6.07, 6.45) is 5.08. The fourth-order valence-electron chi connectivity index (χ4n) is 3.00. The maximum Gasteiger partial charge on any atom is 0.246 e. The van der Waals surface area contributed by atoms with Crippen LogP contribution in [0, 0.1) is 0 Å². The van der Waals surface area contributed by atoms with Gasteiger partial charge in [-0.05, 0) is 42.8 Å². The van der Waals surface area contributed by atoms with Crippen molar-refractivity contribution in [2.75, 3.05) is 14.2 Å². The average molecular weight is 440 g/mol. The summed E-state index contributed by atoms with van der Waals surface area (Å²) in [5.41, 5.74) is 2.45. The zero-order valence-corrected chi connectivity index (χ0v) is 18.7. The average Bonchev–Trinajstić information content (AvgIpc) is 3.15. The van der Waals surface area contributed by atoms with Crippen LogP contribution in [0.1, 0.15) is 23.7 Å². The maximum absolute atomic E-state index is 12.5. The van der Waals surface area contributed by atoms with E-state index in [2.05, 4.69) is 5.10 Å². The van der Waals surface area contributed by atoms with E-state index in [4.69, 9.17) is 21.1 Å². The highest BCUT2D eigenvalue weighted by Gasteiger charge is 2.12. The predicted octanol–water partition coefficient (Wildman–Crippen LogP) is 4.82. The number of hydrogen-bond donors (Lipinski definition) is 0. The molecule has 0 aliphatic heterocycles. The lowest BCUT2D eigenvalue weighted by atomic mass is 10.1. The Balaban J connectivity index is 1.66. The van der Waals surface area contributed by atoms with Crippen molar-refractivity contribution in [1.29, 1.82) is 0 Å². The van der Waals surface area contributed by atoms with Crippen LogP contribution < -0.4 is 9.47 Å². The summed E-state index contributed by atoms with van der Waals surface area (Å²) >= 11 is 6.20. The number of likely N-dealkylation sites (N-methyl/N-ethyl adjacent to an activating group) is 1. The summed E-state index contributed by atoms with van der Waals surface area (Å²) in [5, 5.41) is 4.94. The van der Waals surface area contributed by atoms with Crippen LogP contribution >= 0.6 is 11.6 Å². The smallest absolute Gasteiger partial charge is 0.246 e. The molecule has 0 N–H and O–H groups in total. The molecule has 0 atom stereocenters. The molecule has 0 spiro atoms. The maximum atomic E-state index is 12.5. The molecular weight excluding hydrogens is 414 g/mol. The van der Waals surface area contributed by atoms with Crippen molar-refractivity contribution in [3.05, 3.63) is 82.6 Å². The largest absolute Gasteiger partial charge is 0.496 e. The Morgan fingerprint density at radius 1 is 1.23 bits per heavy atom.